The fraction of sp³-hybridized carbons (Fsp3) is 0.333. The van der Waals surface area contributed by atoms with E-state index in [-0.39, 0.29) is 11.9 Å². The fourth-order valence-electron chi connectivity index (χ4n) is 2.53. The first kappa shape index (κ1) is 13.5. The van der Waals surface area contributed by atoms with Crippen LogP contribution in [0, 0.1) is 0 Å². The number of aryl methyl sites for hydroxylation is 1. The zero-order valence-electron chi connectivity index (χ0n) is 11.9. The van der Waals surface area contributed by atoms with Crippen LogP contribution < -0.4 is 10.1 Å². The van der Waals surface area contributed by atoms with Crippen LogP contribution in [-0.2, 0) is 16.6 Å². The second kappa shape index (κ2) is 5.12. The van der Waals surface area contributed by atoms with E-state index in [1.165, 1.54) is 0 Å². The van der Waals surface area contributed by atoms with Gasteiger partial charge in [0.2, 0.25) is 0 Å². The largest absolute Gasteiger partial charge is 0.497 e. The van der Waals surface area contributed by atoms with Crippen molar-refractivity contribution in [3.8, 4) is 5.75 Å². The van der Waals surface area contributed by atoms with Crippen molar-refractivity contribution in [3.05, 3.63) is 30.0 Å². The smallest absolute Gasteiger partial charge is 0.328 e. The Morgan fingerprint density at radius 1 is 1.43 bits per heavy atom. The number of ether oxygens (including phenoxy) is 2. The molecule has 1 unspecified atom stereocenters. The lowest BCUT2D eigenvalue weighted by molar-refractivity contribution is -0.139. The van der Waals surface area contributed by atoms with E-state index in [0.717, 1.165) is 16.7 Å². The molecule has 1 atom stereocenters. The summed E-state index contributed by atoms with van der Waals surface area (Å²) >= 11 is 0. The van der Waals surface area contributed by atoms with E-state index in [1.807, 2.05) is 25.2 Å². The number of nitrogens with zero attached hydrogens (tertiary/aromatic N) is 1. The fourth-order valence-corrected chi connectivity index (χ4v) is 2.53. The number of rotatable bonds is 3. The summed E-state index contributed by atoms with van der Waals surface area (Å²) in [5.74, 6) is 0.0831. The third-order valence-electron chi connectivity index (χ3n) is 3.72. The van der Waals surface area contributed by atoms with Crippen molar-refractivity contribution >= 4 is 22.8 Å². The highest BCUT2D eigenvalue weighted by Crippen LogP contribution is 2.24. The van der Waals surface area contributed by atoms with E-state index in [0.29, 0.717) is 18.7 Å². The molecule has 0 aliphatic carbocycles. The Kier molecular flexibility index (Phi) is 3.29. The molecule has 110 valence electrons. The number of esters is 1. The minimum Gasteiger partial charge on any atom is -0.497 e. The molecule has 1 amide bonds. The van der Waals surface area contributed by atoms with E-state index >= 15 is 0 Å². The Morgan fingerprint density at radius 3 is 2.90 bits per heavy atom. The molecule has 1 aromatic heterocycles. The Bertz CT molecular complexity index is 720. The van der Waals surface area contributed by atoms with E-state index in [9.17, 15) is 9.59 Å². The summed E-state index contributed by atoms with van der Waals surface area (Å²) in [7, 11) is 3.42. The Labute approximate surface area is 121 Å². The summed E-state index contributed by atoms with van der Waals surface area (Å²) in [5.41, 5.74) is 1.42. The monoisotopic (exact) mass is 288 g/mol. The number of amides is 1. The highest BCUT2D eigenvalue weighted by molar-refractivity contribution is 6.00. The van der Waals surface area contributed by atoms with E-state index in [2.05, 4.69) is 5.32 Å². The number of hydrogen-bond acceptors (Lipinski definition) is 4. The van der Waals surface area contributed by atoms with Crippen LogP contribution in [-0.4, -0.2) is 36.2 Å². The third-order valence-corrected chi connectivity index (χ3v) is 3.72. The zero-order valence-corrected chi connectivity index (χ0v) is 11.9. The molecule has 1 saturated heterocycles. The lowest BCUT2D eigenvalue weighted by atomic mass is 10.2. The van der Waals surface area contributed by atoms with Crippen LogP contribution in [0.1, 0.15) is 16.9 Å². The van der Waals surface area contributed by atoms with E-state index in [1.54, 1.807) is 17.7 Å². The second-order valence-corrected chi connectivity index (χ2v) is 5.00. The van der Waals surface area contributed by atoms with Crippen LogP contribution in [0.25, 0.3) is 10.9 Å². The van der Waals surface area contributed by atoms with Crippen molar-refractivity contribution in [2.24, 2.45) is 7.05 Å². The summed E-state index contributed by atoms with van der Waals surface area (Å²) in [6.07, 6.45) is 0.516. The van der Waals surface area contributed by atoms with Crippen LogP contribution in [0.3, 0.4) is 0 Å². The normalized spacial score (nSPS) is 17.8. The van der Waals surface area contributed by atoms with E-state index in [4.69, 9.17) is 9.47 Å². The number of carbonyl (C=O) groups excluding carboxylic acids is 2. The molecule has 1 fully saturated rings. The standard InChI is InChI=1S/C15H16N2O4/c1-17-12-4-3-10(20-2)7-9(12)8-13(17)14(18)16-11-5-6-21-15(11)19/h3-4,7-8,11H,5-6H2,1-2H3,(H,16,18). The van der Waals surface area contributed by atoms with Gasteiger partial charge in [-0.3, -0.25) is 4.79 Å². The molecule has 1 aliphatic rings. The molecule has 2 heterocycles. The van der Waals surface area contributed by atoms with Crippen LogP contribution >= 0.6 is 0 Å². The first-order chi connectivity index (χ1) is 10.1. The molecular formula is C15H16N2O4. The van der Waals surface area contributed by atoms with Crippen molar-refractivity contribution in [2.75, 3.05) is 13.7 Å². The quantitative estimate of drug-likeness (QED) is 0.863. The minimum absolute atomic E-state index is 0.281. The van der Waals surface area contributed by atoms with Gasteiger partial charge >= 0.3 is 5.97 Å². The lowest BCUT2D eigenvalue weighted by Crippen LogP contribution is -2.38. The SMILES string of the molecule is COc1ccc2c(c1)cc(C(=O)NC1CCOC1=O)n2C. The average molecular weight is 288 g/mol. The molecule has 0 radical (unpaired) electrons. The zero-order chi connectivity index (χ0) is 15.0. The topological polar surface area (TPSA) is 69.6 Å². The van der Waals surface area contributed by atoms with Gasteiger partial charge in [0.05, 0.1) is 13.7 Å². The number of hydrogen-bond donors (Lipinski definition) is 1. The highest BCUT2D eigenvalue weighted by Gasteiger charge is 2.29. The van der Waals surface area contributed by atoms with Gasteiger partial charge in [-0.2, -0.15) is 0 Å². The predicted octanol–water partition coefficient (Wildman–Crippen LogP) is 1.23. The molecule has 1 N–H and O–H groups in total. The summed E-state index contributed by atoms with van der Waals surface area (Å²) < 4.78 is 11.8. The molecule has 21 heavy (non-hydrogen) atoms. The number of methoxy groups -OCH3 is 1. The van der Waals surface area contributed by atoms with Gasteiger partial charge in [0.25, 0.3) is 5.91 Å². The second-order valence-electron chi connectivity index (χ2n) is 5.00. The van der Waals surface area contributed by atoms with E-state index < -0.39 is 6.04 Å². The molecule has 1 aliphatic heterocycles. The highest BCUT2D eigenvalue weighted by atomic mass is 16.5. The van der Waals surface area contributed by atoms with Gasteiger partial charge in [-0.1, -0.05) is 0 Å². The lowest BCUT2D eigenvalue weighted by Gasteiger charge is -2.09. The minimum atomic E-state index is -0.551. The molecular weight excluding hydrogens is 272 g/mol. The summed E-state index contributed by atoms with van der Waals surface area (Å²) in [6, 6.07) is 6.85. The molecule has 0 saturated carbocycles. The Hall–Kier alpha value is -2.50. The maximum atomic E-state index is 12.3. The van der Waals surface area contributed by atoms with Gasteiger partial charge in [-0.25, -0.2) is 4.79 Å². The Balaban J connectivity index is 1.90. The Morgan fingerprint density at radius 2 is 2.24 bits per heavy atom. The van der Waals surface area contributed by atoms with Crippen LogP contribution in [0.5, 0.6) is 5.75 Å². The maximum Gasteiger partial charge on any atom is 0.328 e. The molecule has 1 aromatic carbocycles. The van der Waals surface area contributed by atoms with Gasteiger partial charge in [0, 0.05) is 24.4 Å². The van der Waals surface area contributed by atoms with Crippen LogP contribution in [0.4, 0.5) is 0 Å². The van der Waals surface area contributed by atoms with Gasteiger partial charge in [0.15, 0.2) is 0 Å². The van der Waals surface area contributed by atoms with Gasteiger partial charge in [-0.15, -0.1) is 0 Å². The number of nitrogens with one attached hydrogen (secondary N) is 1. The number of carbonyl (C=O) groups is 2. The molecule has 3 rings (SSSR count). The summed E-state index contributed by atoms with van der Waals surface area (Å²) in [6.45, 7) is 0.357. The van der Waals surface area contributed by atoms with Crippen molar-refractivity contribution < 1.29 is 19.1 Å². The first-order valence-corrected chi connectivity index (χ1v) is 6.71. The number of aromatic nitrogens is 1. The number of cyclic esters (lactones) is 1. The van der Waals surface area contributed by atoms with Crippen molar-refractivity contribution in [2.45, 2.75) is 12.5 Å². The van der Waals surface area contributed by atoms with Crippen molar-refractivity contribution in [3.63, 3.8) is 0 Å². The van der Waals surface area contributed by atoms with Crippen molar-refractivity contribution in [1.82, 2.24) is 9.88 Å². The third kappa shape index (κ3) is 2.33. The number of fused-ring (bicyclic) bond motifs is 1. The summed E-state index contributed by atoms with van der Waals surface area (Å²) in [4.78, 5) is 23.7. The molecule has 6 nitrogen and oxygen atoms in total. The molecule has 0 bridgehead atoms. The molecule has 0 spiro atoms. The van der Waals surface area contributed by atoms with Crippen LogP contribution in [0.2, 0.25) is 0 Å². The summed E-state index contributed by atoms with van der Waals surface area (Å²) in [5, 5.41) is 3.62. The van der Waals surface area contributed by atoms with Gasteiger partial charge < -0.3 is 19.4 Å². The van der Waals surface area contributed by atoms with Gasteiger partial charge in [-0.05, 0) is 24.3 Å². The van der Waals surface area contributed by atoms with Gasteiger partial charge in [0.1, 0.15) is 17.5 Å². The van der Waals surface area contributed by atoms with Crippen LogP contribution in [0.15, 0.2) is 24.3 Å². The maximum absolute atomic E-state index is 12.3. The first-order valence-electron chi connectivity index (χ1n) is 6.71. The molecule has 2 aromatic rings. The van der Waals surface area contributed by atoms with Crippen molar-refractivity contribution in [1.29, 1.82) is 0 Å². The predicted molar refractivity (Wildman–Crippen MR) is 76.3 cm³/mol. The number of benzene rings is 1. The average Bonchev–Trinajstić information content (AvgIpc) is 3.03. The molecule has 6 heteroatoms.